The largest absolute Gasteiger partial charge is 0.497 e. The van der Waals surface area contributed by atoms with Gasteiger partial charge in [0.1, 0.15) is 11.5 Å². The van der Waals surface area contributed by atoms with E-state index in [2.05, 4.69) is 47.7 Å². The Bertz CT molecular complexity index is 1200. The van der Waals surface area contributed by atoms with E-state index < -0.39 is 17.8 Å². The molecular formula is C23H17Br2N3O5. The molecule has 0 heterocycles. The van der Waals surface area contributed by atoms with Gasteiger partial charge in [0.2, 0.25) is 0 Å². The van der Waals surface area contributed by atoms with E-state index in [1.54, 1.807) is 66.7 Å². The molecule has 0 unspecified atom stereocenters. The molecule has 0 aliphatic carbocycles. The average Bonchev–Trinajstić information content (AvgIpc) is 2.82. The van der Waals surface area contributed by atoms with Gasteiger partial charge in [-0.1, -0.05) is 31.9 Å². The summed E-state index contributed by atoms with van der Waals surface area (Å²) in [6.45, 7) is 0. The maximum atomic E-state index is 12.5. The molecule has 0 radical (unpaired) electrons. The zero-order chi connectivity index (χ0) is 23.8. The number of hydrogen-bond donors (Lipinski definition) is 2. The van der Waals surface area contributed by atoms with Crippen molar-refractivity contribution in [3.63, 3.8) is 0 Å². The third-order valence-corrected chi connectivity index (χ3v) is 5.20. The number of hydrazone groups is 1. The Morgan fingerprint density at radius 3 is 2.21 bits per heavy atom. The van der Waals surface area contributed by atoms with Crippen molar-refractivity contribution >= 4 is 61.5 Å². The number of benzene rings is 3. The lowest BCUT2D eigenvalue weighted by Crippen LogP contribution is -2.32. The first-order chi connectivity index (χ1) is 15.9. The molecule has 2 N–H and O–H groups in total. The van der Waals surface area contributed by atoms with Gasteiger partial charge >= 0.3 is 17.8 Å². The summed E-state index contributed by atoms with van der Waals surface area (Å²) in [5, 5.41) is 6.26. The SMILES string of the molecule is COc1ccc(C(=O)Oc2ccc(Br)cc2C=NNC(=O)C(=O)Nc2ccc(Br)cc2)cc1. The number of rotatable bonds is 6. The van der Waals surface area contributed by atoms with E-state index in [1.165, 1.54) is 13.3 Å². The van der Waals surface area contributed by atoms with Crippen LogP contribution in [-0.2, 0) is 9.59 Å². The van der Waals surface area contributed by atoms with Crippen LogP contribution in [0.25, 0.3) is 0 Å². The van der Waals surface area contributed by atoms with Gasteiger partial charge < -0.3 is 14.8 Å². The van der Waals surface area contributed by atoms with Crippen LogP contribution in [0.2, 0.25) is 0 Å². The number of halogens is 2. The highest BCUT2D eigenvalue weighted by Crippen LogP contribution is 2.23. The zero-order valence-corrected chi connectivity index (χ0v) is 20.3. The molecule has 3 aromatic carbocycles. The van der Waals surface area contributed by atoms with Crippen molar-refractivity contribution in [2.75, 3.05) is 12.4 Å². The maximum absolute atomic E-state index is 12.5. The van der Waals surface area contributed by atoms with Crippen molar-refractivity contribution < 1.29 is 23.9 Å². The van der Waals surface area contributed by atoms with Crippen molar-refractivity contribution in [1.29, 1.82) is 0 Å². The first kappa shape index (κ1) is 24.1. The molecule has 0 aromatic heterocycles. The Kier molecular flexibility index (Phi) is 8.34. The molecule has 0 fully saturated rings. The predicted molar refractivity (Wildman–Crippen MR) is 131 cm³/mol. The standard InChI is InChI=1S/C23H17Br2N3O5/c1-32-19-9-2-14(3-10-19)23(31)33-20-11-6-17(25)12-15(20)13-26-28-22(30)21(29)27-18-7-4-16(24)5-8-18/h2-13H,1H3,(H,27,29)(H,28,30). The number of ether oxygens (including phenoxy) is 2. The molecule has 10 heteroatoms. The lowest BCUT2D eigenvalue weighted by Gasteiger charge is -2.08. The molecule has 168 valence electrons. The number of esters is 1. The maximum Gasteiger partial charge on any atom is 0.343 e. The summed E-state index contributed by atoms with van der Waals surface area (Å²) in [4.78, 5) is 36.5. The molecular weight excluding hydrogens is 558 g/mol. The van der Waals surface area contributed by atoms with Crippen molar-refractivity contribution in [1.82, 2.24) is 5.43 Å². The number of carbonyl (C=O) groups excluding carboxylic acids is 3. The summed E-state index contributed by atoms with van der Waals surface area (Å²) >= 11 is 6.63. The topological polar surface area (TPSA) is 106 Å². The van der Waals surface area contributed by atoms with E-state index >= 15 is 0 Å². The van der Waals surface area contributed by atoms with Crippen LogP contribution in [0.15, 0.2) is 80.8 Å². The fourth-order valence-electron chi connectivity index (χ4n) is 2.53. The fraction of sp³-hybridized carbons (Fsp3) is 0.0435. The molecule has 3 aromatic rings. The van der Waals surface area contributed by atoms with Crippen LogP contribution in [0.4, 0.5) is 5.69 Å². The molecule has 0 bridgehead atoms. The number of methoxy groups -OCH3 is 1. The highest BCUT2D eigenvalue weighted by molar-refractivity contribution is 9.10. The molecule has 3 rings (SSSR count). The van der Waals surface area contributed by atoms with E-state index in [0.29, 0.717) is 27.0 Å². The van der Waals surface area contributed by atoms with E-state index in [1.807, 2.05) is 0 Å². The van der Waals surface area contributed by atoms with Crippen LogP contribution in [0, 0.1) is 0 Å². The van der Waals surface area contributed by atoms with Crippen LogP contribution in [0.5, 0.6) is 11.5 Å². The summed E-state index contributed by atoms with van der Waals surface area (Å²) < 4.78 is 12.1. The quantitative estimate of drug-likeness (QED) is 0.148. The fourth-order valence-corrected chi connectivity index (χ4v) is 3.17. The summed E-state index contributed by atoms with van der Waals surface area (Å²) in [6, 6.07) is 18.1. The van der Waals surface area contributed by atoms with Gasteiger partial charge in [-0.05, 0) is 66.7 Å². The zero-order valence-electron chi connectivity index (χ0n) is 17.2. The molecule has 0 aliphatic heterocycles. The second kappa shape index (κ2) is 11.4. The van der Waals surface area contributed by atoms with Crippen molar-refractivity contribution in [2.24, 2.45) is 5.10 Å². The number of anilines is 1. The number of hydrogen-bond acceptors (Lipinski definition) is 6. The second-order valence-electron chi connectivity index (χ2n) is 6.46. The van der Waals surface area contributed by atoms with Crippen molar-refractivity contribution in [3.8, 4) is 11.5 Å². The average molecular weight is 575 g/mol. The van der Waals surface area contributed by atoms with Gasteiger partial charge in [0, 0.05) is 20.2 Å². The first-order valence-electron chi connectivity index (χ1n) is 9.41. The molecule has 33 heavy (non-hydrogen) atoms. The highest BCUT2D eigenvalue weighted by Gasteiger charge is 2.14. The second-order valence-corrected chi connectivity index (χ2v) is 8.29. The van der Waals surface area contributed by atoms with E-state index in [4.69, 9.17) is 9.47 Å². The first-order valence-corrected chi connectivity index (χ1v) is 11.0. The molecule has 0 aliphatic rings. The lowest BCUT2D eigenvalue weighted by atomic mass is 10.2. The number of nitrogens with one attached hydrogen (secondary N) is 2. The Hall–Kier alpha value is -3.50. The van der Waals surface area contributed by atoms with Crippen LogP contribution in [0.3, 0.4) is 0 Å². The molecule has 0 atom stereocenters. The summed E-state index contributed by atoms with van der Waals surface area (Å²) in [7, 11) is 1.53. The third-order valence-electron chi connectivity index (χ3n) is 4.18. The lowest BCUT2D eigenvalue weighted by molar-refractivity contribution is -0.136. The molecule has 0 saturated carbocycles. The summed E-state index contributed by atoms with van der Waals surface area (Å²) in [5.41, 5.74) is 3.34. The van der Waals surface area contributed by atoms with Crippen LogP contribution in [-0.4, -0.2) is 31.1 Å². The van der Waals surface area contributed by atoms with Crippen molar-refractivity contribution in [2.45, 2.75) is 0 Å². The van der Waals surface area contributed by atoms with Gasteiger partial charge in [-0.2, -0.15) is 5.10 Å². The predicted octanol–water partition coefficient (Wildman–Crippen LogP) is 4.53. The van der Waals surface area contributed by atoms with Gasteiger partial charge in [-0.25, -0.2) is 10.2 Å². The Morgan fingerprint density at radius 2 is 1.55 bits per heavy atom. The number of amides is 2. The van der Waals surface area contributed by atoms with E-state index in [0.717, 1.165) is 4.47 Å². The minimum atomic E-state index is -0.957. The monoisotopic (exact) mass is 573 g/mol. The minimum Gasteiger partial charge on any atom is -0.497 e. The van der Waals surface area contributed by atoms with Gasteiger partial charge in [0.05, 0.1) is 18.9 Å². The van der Waals surface area contributed by atoms with Gasteiger partial charge in [-0.15, -0.1) is 0 Å². The van der Waals surface area contributed by atoms with Crippen LogP contribution >= 0.6 is 31.9 Å². The summed E-state index contributed by atoms with van der Waals surface area (Å²) in [6.07, 6.45) is 1.27. The Labute approximate surface area is 206 Å². The molecule has 8 nitrogen and oxygen atoms in total. The normalized spacial score (nSPS) is 10.5. The van der Waals surface area contributed by atoms with Gasteiger partial charge in [-0.3, -0.25) is 9.59 Å². The molecule has 0 saturated heterocycles. The Balaban J connectivity index is 1.65. The third kappa shape index (κ3) is 6.99. The number of carbonyl (C=O) groups is 3. The van der Waals surface area contributed by atoms with E-state index in [9.17, 15) is 14.4 Å². The number of nitrogens with zero attached hydrogens (tertiary/aromatic N) is 1. The smallest absolute Gasteiger partial charge is 0.343 e. The summed E-state index contributed by atoms with van der Waals surface area (Å²) in [5.74, 6) is -1.58. The van der Waals surface area contributed by atoms with Gasteiger partial charge in [0.25, 0.3) is 0 Å². The van der Waals surface area contributed by atoms with E-state index in [-0.39, 0.29) is 5.75 Å². The molecule has 2 amide bonds. The van der Waals surface area contributed by atoms with Crippen LogP contribution < -0.4 is 20.2 Å². The van der Waals surface area contributed by atoms with Crippen LogP contribution in [0.1, 0.15) is 15.9 Å². The Morgan fingerprint density at radius 1 is 0.879 bits per heavy atom. The van der Waals surface area contributed by atoms with Crippen molar-refractivity contribution in [3.05, 3.63) is 86.8 Å². The minimum absolute atomic E-state index is 0.219. The molecule has 0 spiro atoms. The van der Waals surface area contributed by atoms with Gasteiger partial charge in [0.15, 0.2) is 0 Å². The highest BCUT2D eigenvalue weighted by atomic mass is 79.9.